The zero-order valence-corrected chi connectivity index (χ0v) is 90.5. The Morgan fingerprint density at radius 1 is 0.252 bits per heavy atom. The van der Waals surface area contributed by atoms with Crippen LogP contribution in [0, 0.1) is 0 Å². The number of amides is 8. The number of nitrogens with zero attached hydrogens (tertiary/aromatic N) is 6. The summed E-state index contributed by atoms with van der Waals surface area (Å²) in [6.45, 7) is 93.6. The van der Waals surface area contributed by atoms with E-state index in [9.17, 15) is 38.4 Å². The third-order valence-electron chi connectivity index (χ3n) is 8.72. The molecule has 0 atom stereocenters. The van der Waals surface area contributed by atoms with Crippen molar-refractivity contribution in [2.75, 3.05) is 0 Å². The second kappa shape index (κ2) is 112. The van der Waals surface area contributed by atoms with Crippen LogP contribution in [0.15, 0.2) is 209 Å². The minimum absolute atomic E-state index is 0. The number of rotatable bonds is 2. The maximum Gasteiger partial charge on any atom is 0.224 e. The lowest BCUT2D eigenvalue weighted by Gasteiger charge is -2.20. The van der Waals surface area contributed by atoms with Crippen LogP contribution in [0.25, 0.3) is 0 Å². The molecule has 7 heterocycles. The molecule has 8 N–H and O–H groups in total. The van der Waals surface area contributed by atoms with Gasteiger partial charge in [0.05, 0.1) is 37.0 Å². The maximum atomic E-state index is 11.5. The summed E-state index contributed by atoms with van der Waals surface area (Å²) in [5, 5.41) is 28.1. The molecule has 24 nitrogen and oxygen atoms in total. The molecule has 8 amide bonds. The van der Waals surface area contributed by atoms with Crippen molar-refractivity contribution >= 4 is 69.9 Å². The molecule has 7 aromatic heterocycles. The number of aromatic nitrogens is 6. The second-order valence-electron chi connectivity index (χ2n) is 30.9. The number of pyridine rings is 1. The fourth-order valence-electron chi connectivity index (χ4n) is 6.62. The van der Waals surface area contributed by atoms with E-state index in [4.69, 9.17) is 0 Å². The molecule has 0 fully saturated rings. The van der Waals surface area contributed by atoms with Crippen LogP contribution in [-0.4, -0.2) is 121 Å². The average molecular weight is 1830 g/mol. The van der Waals surface area contributed by atoms with Gasteiger partial charge in [0.25, 0.3) is 0 Å². The lowest BCUT2D eigenvalue weighted by atomic mass is 10.1. The summed E-state index contributed by atoms with van der Waals surface area (Å²) in [7, 11) is 0. The van der Waals surface area contributed by atoms with Crippen molar-refractivity contribution in [3.8, 4) is 0 Å². The molecule has 0 aliphatic carbocycles. The predicted octanol–water partition coefficient (Wildman–Crippen LogP) is 25.9. The Kier molecular flexibility index (Phi) is 139. The topological polar surface area (TPSA) is 336 Å². The minimum Gasteiger partial charge on any atom is -0.473 e. The number of hydrogen-bond acceptors (Lipinski definition) is 18. The Morgan fingerprint density at radius 2 is 0.472 bits per heavy atom. The van der Waals surface area contributed by atoms with Crippen molar-refractivity contribution in [1.82, 2.24) is 72.4 Å². The molecular weight excluding hydrogens is 1630 g/mol. The summed E-state index contributed by atoms with van der Waals surface area (Å²) in [5.74, 6) is 0.251. The average Bonchev–Trinajstić information content (AvgIpc) is 1.35. The second-order valence-corrected chi connectivity index (χ2v) is 32.4. The Hall–Kier alpha value is -9.82. The Morgan fingerprint density at radius 3 is 0.575 bits per heavy atom. The van der Waals surface area contributed by atoms with Crippen molar-refractivity contribution in [2.24, 2.45) is 0 Å². The van der Waals surface area contributed by atoms with Crippen molar-refractivity contribution in [2.45, 2.75) is 397 Å². The van der Waals surface area contributed by atoms with Gasteiger partial charge in [-0.2, -0.15) is 11.3 Å². The highest BCUT2D eigenvalue weighted by molar-refractivity contribution is 7.07. The van der Waals surface area contributed by atoms with E-state index in [0.29, 0.717) is 6.42 Å². The first-order valence-corrected chi connectivity index (χ1v) is 45.6. The zero-order chi connectivity index (χ0) is 103. The van der Waals surface area contributed by atoms with Crippen molar-refractivity contribution < 1.29 is 47.2 Å². The third kappa shape index (κ3) is 236. The number of nitrogens with one attached hydrogen (secondary N) is 8. The number of carbonyl (C=O) groups is 8. The van der Waals surface area contributed by atoms with Gasteiger partial charge in [0, 0.05) is 154 Å². The molecule has 8 rings (SSSR count). The summed E-state index contributed by atoms with van der Waals surface area (Å²) in [5.41, 5.74) is 2.15. The van der Waals surface area contributed by atoms with Gasteiger partial charge in [0.2, 0.25) is 47.3 Å². The fraction of sp³-hybridized carbons (Fsp3) is 0.584. The van der Waals surface area contributed by atoms with E-state index >= 15 is 0 Å². The quantitative estimate of drug-likeness (QED) is 0.0797. The van der Waals surface area contributed by atoms with Crippen LogP contribution in [0.3, 0.4) is 0 Å². The van der Waals surface area contributed by atoms with Gasteiger partial charge in [-0.25, -0.2) is 9.97 Å². The van der Waals surface area contributed by atoms with E-state index in [1.54, 1.807) is 115 Å². The number of thiazole rings is 1. The molecule has 740 valence electrons. The van der Waals surface area contributed by atoms with E-state index in [-0.39, 0.29) is 99.0 Å². The highest BCUT2D eigenvalue weighted by Crippen LogP contribution is 2.05. The summed E-state index contributed by atoms with van der Waals surface area (Å²) in [6.07, 6.45) is 23.7. The van der Waals surface area contributed by atoms with E-state index in [1.165, 1.54) is 54.8 Å². The van der Waals surface area contributed by atoms with Gasteiger partial charge in [0.15, 0.2) is 0 Å². The molecular formula is C101H194N14O10S2. The van der Waals surface area contributed by atoms with Crippen LogP contribution >= 0.6 is 22.7 Å². The Balaban J connectivity index is -0.0000000675. The highest BCUT2D eigenvalue weighted by atomic mass is 32.1. The maximum absolute atomic E-state index is 11.5. The first-order valence-electron chi connectivity index (χ1n) is 43.7. The molecule has 0 aliphatic heterocycles. The van der Waals surface area contributed by atoms with Gasteiger partial charge in [-0.1, -0.05) is 181 Å². The third-order valence-corrected chi connectivity index (χ3v) is 9.87. The van der Waals surface area contributed by atoms with Gasteiger partial charge in [-0.05, 0) is 225 Å². The van der Waals surface area contributed by atoms with Gasteiger partial charge < -0.3 is 51.4 Å². The molecule has 0 radical (unpaired) electrons. The highest BCUT2D eigenvalue weighted by Gasteiger charge is 2.15. The van der Waals surface area contributed by atoms with Gasteiger partial charge in [-0.15, -0.1) is 11.3 Å². The first kappa shape index (κ1) is 158. The number of furan rings is 2. The molecule has 0 unspecified atom stereocenters. The molecule has 0 saturated carbocycles. The number of hydrogen-bond donors (Lipinski definition) is 8. The number of thiophene rings is 1. The summed E-state index contributed by atoms with van der Waals surface area (Å²) < 4.78 is 9.17. The van der Waals surface area contributed by atoms with Crippen LogP contribution in [0.1, 0.15) is 352 Å². The molecule has 0 bridgehead atoms. The summed E-state index contributed by atoms with van der Waals surface area (Å²) in [6, 6.07) is 28.6. The number of benzene rings is 1. The van der Waals surface area contributed by atoms with Crippen LogP contribution in [0.5, 0.6) is 0 Å². The molecule has 0 aliphatic rings. The lowest BCUT2D eigenvalue weighted by molar-refractivity contribution is -0.122. The Labute approximate surface area is 787 Å². The van der Waals surface area contributed by atoms with E-state index in [0.717, 1.165) is 5.56 Å². The van der Waals surface area contributed by atoms with E-state index < -0.39 is 0 Å². The SMILES string of the molecule is C.CC.CC.CC.CC.CC.CC.CC.CC.CC.CC(=O)NC(C)(C)C.CC(=O)NC(C)(C)C.CC(=O)NC(C)(C)C.CC(=O)NC(C)(C)C.CC(=O)NC(C)(C)C.CC(=O)NC(C)(C)C.CC(=O)NC(C)(C)C.CC(C)(C)NC(=O)Cc1ccccc1.c1ccncc1.c1ccoc1.c1ccoc1.c1ccsc1.c1cnccn1.c1cncnc1.c1cscn1. The monoisotopic (exact) mass is 1830 g/mol. The molecule has 26 heteroatoms. The molecule has 0 spiro atoms. The number of carbonyl (C=O) groups excluding carboxylic acids is 8. The van der Waals surface area contributed by atoms with Gasteiger partial charge in [0.1, 0.15) is 6.33 Å². The fourth-order valence-corrected chi connectivity index (χ4v) is 7.42. The van der Waals surface area contributed by atoms with Crippen molar-refractivity contribution in [3.05, 3.63) is 205 Å². The minimum atomic E-state index is -0.147. The van der Waals surface area contributed by atoms with Gasteiger partial charge in [-0.3, -0.25) is 58.3 Å². The van der Waals surface area contributed by atoms with E-state index in [1.807, 2.05) is 392 Å². The lowest BCUT2D eigenvalue weighted by Crippen LogP contribution is -2.41. The normalized spacial score (nSPS) is 8.89. The smallest absolute Gasteiger partial charge is 0.224 e. The van der Waals surface area contributed by atoms with Crippen LogP contribution in [0.4, 0.5) is 0 Å². The molecule has 8 aromatic rings. The Bertz CT molecular complexity index is 2720. The molecule has 1 aromatic carbocycles. The van der Waals surface area contributed by atoms with Crippen molar-refractivity contribution in [1.29, 1.82) is 0 Å². The van der Waals surface area contributed by atoms with Crippen LogP contribution in [-0.2, 0) is 44.8 Å². The van der Waals surface area contributed by atoms with E-state index in [2.05, 4.69) is 81.3 Å². The summed E-state index contributed by atoms with van der Waals surface area (Å²) in [4.78, 5) is 106. The predicted molar refractivity (Wildman–Crippen MR) is 554 cm³/mol. The standard InChI is InChI=1S/C12H17NO.7C6H13NO.C5H5N.2C4H4N2.2C4H4O.C4H4S.C3H3NS.9C2H6.CH4/c1-12(2,3)13-11(14)9-10-7-5-4-6-8-10;7*1-5(8)7-6(2,3)4;1-2-4-6-5-3-1;1-2-6-4-3-5-1;1-2-5-4-6-3-1;3*1-2-4-5-3-1;1-2-5-3-4-1;9*1-2;/h4-8H,9H2,1-3H3,(H,13,14);7*1-4H3,(H,7,8);1-5H;2*1-4H;3*1-4H;1-3H;9*1-2H3;1H4. The first-order chi connectivity index (χ1) is 58.4. The zero-order valence-electron chi connectivity index (χ0n) is 88.8. The van der Waals surface area contributed by atoms with Gasteiger partial charge >= 0.3 is 0 Å². The largest absolute Gasteiger partial charge is 0.473 e. The van der Waals surface area contributed by atoms with Crippen LogP contribution < -0.4 is 42.5 Å². The summed E-state index contributed by atoms with van der Waals surface area (Å²) >= 11 is 3.31. The molecule has 127 heavy (non-hydrogen) atoms. The molecule has 0 saturated heterocycles. The van der Waals surface area contributed by atoms with Crippen LogP contribution in [0.2, 0.25) is 0 Å². The van der Waals surface area contributed by atoms with Crippen molar-refractivity contribution in [3.63, 3.8) is 0 Å².